The molecule has 1 atom stereocenters. The topological polar surface area (TPSA) is 23.1 Å². The lowest BCUT2D eigenvalue weighted by atomic mass is 10.2. The number of unbranched alkanes of at least 4 members (excludes halogenated alkanes) is 3. The summed E-state index contributed by atoms with van der Waals surface area (Å²) in [6, 6.07) is 10.0. The van der Waals surface area contributed by atoms with Gasteiger partial charge in [0, 0.05) is 5.56 Å². The van der Waals surface area contributed by atoms with Crippen LogP contribution in [0, 0.1) is 5.21 Å². The molecule has 0 spiro atoms. The molecule has 0 aliphatic heterocycles. The Morgan fingerprint density at radius 2 is 1.75 bits per heavy atom. The Labute approximate surface area is 99.1 Å². The van der Waals surface area contributed by atoms with Crippen LogP contribution >= 0.6 is 0 Å². The predicted octanol–water partition coefficient (Wildman–Crippen LogP) is 3.71. The highest BCUT2D eigenvalue weighted by atomic mass is 16.5. The van der Waals surface area contributed by atoms with Gasteiger partial charge in [0.15, 0.2) is 0 Å². The molecule has 2 nitrogen and oxygen atoms in total. The molecule has 1 rings (SSSR count). The summed E-state index contributed by atoms with van der Waals surface area (Å²) < 4.78 is -0.145. The third kappa shape index (κ3) is 5.29. The summed E-state index contributed by atoms with van der Waals surface area (Å²) in [5.74, 6) is 0. The average Bonchev–Trinajstić information content (AvgIpc) is 2.25. The molecule has 1 aromatic rings. The summed E-state index contributed by atoms with van der Waals surface area (Å²) in [6.45, 7) is 3.51. The van der Waals surface area contributed by atoms with Gasteiger partial charge in [0.05, 0.1) is 13.6 Å². The maximum absolute atomic E-state index is 12.2. The van der Waals surface area contributed by atoms with Crippen molar-refractivity contribution in [2.24, 2.45) is 0 Å². The zero-order chi connectivity index (χ0) is 11.9. The lowest BCUT2D eigenvalue weighted by Gasteiger charge is -2.38. The molecule has 0 N–H and O–H groups in total. The molecule has 2 heteroatoms. The highest BCUT2D eigenvalue weighted by Crippen LogP contribution is 2.12. The van der Waals surface area contributed by atoms with Gasteiger partial charge < -0.3 is 9.85 Å². The van der Waals surface area contributed by atoms with Crippen LogP contribution in [0.25, 0.3) is 0 Å². The number of quaternary nitrogens is 1. The Kier molecular flexibility index (Phi) is 5.50. The van der Waals surface area contributed by atoms with Gasteiger partial charge in [0.2, 0.25) is 0 Å². The van der Waals surface area contributed by atoms with Crippen LogP contribution in [0.2, 0.25) is 0 Å². The lowest BCUT2D eigenvalue weighted by molar-refractivity contribution is -0.874. The lowest BCUT2D eigenvalue weighted by Crippen LogP contribution is -2.37. The van der Waals surface area contributed by atoms with Crippen molar-refractivity contribution in [3.63, 3.8) is 0 Å². The smallest absolute Gasteiger partial charge is 0.104 e. The predicted molar refractivity (Wildman–Crippen MR) is 68.7 cm³/mol. The van der Waals surface area contributed by atoms with E-state index in [1.807, 2.05) is 30.3 Å². The van der Waals surface area contributed by atoms with E-state index in [9.17, 15) is 5.21 Å². The molecule has 0 heterocycles. The van der Waals surface area contributed by atoms with Crippen LogP contribution < -0.4 is 0 Å². The fraction of sp³-hybridized carbons (Fsp3) is 0.571. The Morgan fingerprint density at radius 1 is 1.06 bits per heavy atom. The maximum Gasteiger partial charge on any atom is 0.104 e. The van der Waals surface area contributed by atoms with E-state index in [1.165, 1.54) is 19.3 Å². The summed E-state index contributed by atoms with van der Waals surface area (Å²) in [6.07, 6.45) is 4.69. The first-order valence-corrected chi connectivity index (χ1v) is 6.23. The Balaban J connectivity index is 2.33. The van der Waals surface area contributed by atoms with Gasteiger partial charge in [-0.25, -0.2) is 0 Å². The number of nitrogens with zero attached hydrogens (tertiary/aromatic N) is 1. The third-order valence-electron chi connectivity index (χ3n) is 2.84. The minimum Gasteiger partial charge on any atom is -0.633 e. The van der Waals surface area contributed by atoms with E-state index in [0.29, 0.717) is 6.54 Å². The average molecular weight is 221 g/mol. The molecule has 0 fully saturated rings. The normalized spacial score (nSPS) is 14.7. The molecule has 0 bridgehead atoms. The highest BCUT2D eigenvalue weighted by Gasteiger charge is 2.10. The van der Waals surface area contributed by atoms with E-state index >= 15 is 0 Å². The van der Waals surface area contributed by atoms with Crippen molar-refractivity contribution in [1.82, 2.24) is 0 Å². The summed E-state index contributed by atoms with van der Waals surface area (Å²) in [5.41, 5.74) is 1.13. The zero-order valence-corrected chi connectivity index (χ0v) is 10.5. The Morgan fingerprint density at radius 3 is 2.38 bits per heavy atom. The monoisotopic (exact) mass is 221 g/mol. The second-order valence-electron chi connectivity index (χ2n) is 4.72. The van der Waals surface area contributed by atoms with Crippen molar-refractivity contribution in [2.75, 3.05) is 13.6 Å². The first kappa shape index (κ1) is 13.2. The van der Waals surface area contributed by atoms with Gasteiger partial charge >= 0.3 is 0 Å². The van der Waals surface area contributed by atoms with E-state index in [-0.39, 0.29) is 4.65 Å². The van der Waals surface area contributed by atoms with Crippen LogP contribution in [0.3, 0.4) is 0 Å². The van der Waals surface area contributed by atoms with Crippen LogP contribution in [-0.2, 0) is 6.54 Å². The van der Waals surface area contributed by atoms with Crippen molar-refractivity contribution < 1.29 is 4.65 Å². The summed E-state index contributed by atoms with van der Waals surface area (Å²) in [4.78, 5) is 0. The molecule has 0 aromatic heterocycles. The second kappa shape index (κ2) is 6.66. The van der Waals surface area contributed by atoms with Crippen LogP contribution in [-0.4, -0.2) is 18.2 Å². The first-order chi connectivity index (χ1) is 7.64. The van der Waals surface area contributed by atoms with Gasteiger partial charge in [-0.1, -0.05) is 50.1 Å². The van der Waals surface area contributed by atoms with Crippen LogP contribution in [0.15, 0.2) is 30.3 Å². The van der Waals surface area contributed by atoms with Gasteiger partial charge in [-0.15, -0.1) is 0 Å². The van der Waals surface area contributed by atoms with Crippen molar-refractivity contribution in [2.45, 2.75) is 39.2 Å². The highest BCUT2D eigenvalue weighted by molar-refractivity contribution is 5.13. The number of hydrogen-bond acceptors (Lipinski definition) is 1. The summed E-state index contributed by atoms with van der Waals surface area (Å²) in [7, 11) is 1.78. The minimum absolute atomic E-state index is 0.145. The van der Waals surface area contributed by atoms with E-state index in [2.05, 4.69) is 6.92 Å². The van der Waals surface area contributed by atoms with E-state index in [0.717, 1.165) is 18.5 Å². The van der Waals surface area contributed by atoms with Gasteiger partial charge in [0.1, 0.15) is 6.54 Å². The third-order valence-corrected chi connectivity index (χ3v) is 2.84. The number of hydroxylamine groups is 3. The molecule has 0 radical (unpaired) electrons. The summed E-state index contributed by atoms with van der Waals surface area (Å²) in [5, 5.41) is 12.2. The van der Waals surface area contributed by atoms with Crippen molar-refractivity contribution >= 4 is 0 Å². The SMILES string of the molecule is CCCCCC[N+](C)([O-])Cc1ccccc1. The number of hydrogen-bond donors (Lipinski definition) is 0. The summed E-state index contributed by atoms with van der Waals surface area (Å²) >= 11 is 0. The van der Waals surface area contributed by atoms with Crippen molar-refractivity contribution in [3.05, 3.63) is 41.1 Å². The molecule has 90 valence electrons. The fourth-order valence-electron chi connectivity index (χ4n) is 1.92. The van der Waals surface area contributed by atoms with Crippen molar-refractivity contribution in [3.8, 4) is 0 Å². The molecule has 0 aliphatic rings. The molecule has 0 saturated heterocycles. The second-order valence-corrected chi connectivity index (χ2v) is 4.72. The van der Waals surface area contributed by atoms with Crippen LogP contribution in [0.4, 0.5) is 0 Å². The van der Waals surface area contributed by atoms with E-state index < -0.39 is 0 Å². The molecular weight excluding hydrogens is 198 g/mol. The number of rotatable bonds is 7. The minimum atomic E-state index is -0.145. The van der Waals surface area contributed by atoms with E-state index in [1.54, 1.807) is 7.05 Å². The maximum atomic E-state index is 12.2. The molecule has 1 unspecified atom stereocenters. The number of benzene rings is 1. The molecule has 16 heavy (non-hydrogen) atoms. The van der Waals surface area contributed by atoms with Gasteiger partial charge in [-0.3, -0.25) is 0 Å². The molecule has 0 saturated carbocycles. The molecule has 0 amide bonds. The Hall–Kier alpha value is -0.860. The Bertz CT molecular complexity index is 282. The quantitative estimate of drug-likeness (QED) is 0.391. The molecular formula is C14H23NO. The zero-order valence-electron chi connectivity index (χ0n) is 10.5. The fourth-order valence-corrected chi connectivity index (χ4v) is 1.92. The van der Waals surface area contributed by atoms with Gasteiger partial charge in [-0.05, 0) is 12.8 Å². The van der Waals surface area contributed by atoms with Crippen LogP contribution in [0.5, 0.6) is 0 Å². The standard InChI is InChI=1S/C14H23NO/c1-3-4-5-9-12-15(2,16)13-14-10-7-6-8-11-14/h6-8,10-11H,3-5,9,12-13H2,1-2H3. The van der Waals surface area contributed by atoms with E-state index in [4.69, 9.17) is 0 Å². The first-order valence-electron chi connectivity index (χ1n) is 6.23. The van der Waals surface area contributed by atoms with Crippen molar-refractivity contribution in [1.29, 1.82) is 0 Å². The van der Waals surface area contributed by atoms with Gasteiger partial charge in [0.25, 0.3) is 0 Å². The molecule has 1 aromatic carbocycles. The largest absolute Gasteiger partial charge is 0.633 e. The van der Waals surface area contributed by atoms with Gasteiger partial charge in [-0.2, -0.15) is 0 Å². The van der Waals surface area contributed by atoms with Crippen LogP contribution in [0.1, 0.15) is 38.2 Å². The molecule has 0 aliphatic carbocycles.